The van der Waals surface area contributed by atoms with Crippen molar-refractivity contribution < 1.29 is 0 Å². The van der Waals surface area contributed by atoms with Crippen LogP contribution >= 0.6 is 15.9 Å². The molecule has 3 unspecified atom stereocenters. The standard InChI is InChI=1S/C14H25BrN4/c1-4-10-7-6-8-11(9-10)12(16-5-2)13-14(15)17-18-19(13)3/h10-12,16H,4-9H2,1-3H3. The van der Waals surface area contributed by atoms with Crippen LogP contribution < -0.4 is 5.32 Å². The molecule has 1 fully saturated rings. The van der Waals surface area contributed by atoms with Gasteiger partial charge in [-0.3, -0.25) is 0 Å². The van der Waals surface area contributed by atoms with Crippen LogP contribution in [0.5, 0.6) is 0 Å². The molecule has 0 radical (unpaired) electrons. The van der Waals surface area contributed by atoms with Gasteiger partial charge in [-0.05, 0) is 47.2 Å². The molecule has 1 N–H and O–H groups in total. The van der Waals surface area contributed by atoms with E-state index in [1.54, 1.807) is 0 Å². The summed E-state index contributed by atoms with van der Waals surface area (Å²) in [6, 6.07) is 0.369. The Bertz CT molecular complexity index is 385. The average molecular weight is 329 g/mol. The van der Waals surface area contributed by atoms with E-state index in [1.165, 1.54) is 37.8 Å². The molecule has 1 aromatic rings. The summed E-state index contributed by atoms with van der Waals surface area (Å²) in [4.78, 5) is 0. The highest BCUT2D eigenvalue weighted by Crippen LogP contribution is 2.39. The summed E-state index contributed by atoms with van der Waals surface area (Å²) in [5, 5.41) is 11.9. The fourth-order valence-corrected chi connectivity index (χ4v) is 3.96. The number of nitrogens with one attached hydrogen (secondary N) is 1. The molecule has 1 aliphatic carbocycles. The number of hydrogen-bond acceptors (Lipinski definition) is 3. The smallest absolute Gasteiger partial charge is 0.153 e. The van der Waals surface area contributed by atoms with E-state index in [9.17, 15) is 0 Å². The van der Waals surface area contributed by atoms with Crippen molar-refractivity contribution in [1.29, 1.82) is 0 Å². The lowest BCUT2D eigenvalue weighted by Crippen LogP contribution is -2.33. The summed E-state index contributed by atoms with van der Waals surface area (Å²) < 4.78 is 2.80. The Morgan fingerprint density at radius 1 is 1.42 bits per heavy atom. The summed E-state index contributed by atoms with van der Waals surface area (Å²) in [5.41, 5.74) is 1.20. The van der Waals surface area contributed by atoms with Crippen molar-refractivity contribution in [3.8, 4) is 0 Å². The third kappa shape index (κ3) is 3.37. The highest BCUT2D eigenvalue weighted by molar-refractivity contribution is 9.10. The fourth-order valence-electron chi connectivity index (χ4n) is 3.38. The van der Waals surface area contributed by atoms with Gasteiger partial charge in [0.1, 0.15) is 0 Å². The van der Waals surface area contributed by atoms with Crippen molar-refractivity contribution in [2.75, 3.05) is 6.54 Å². The molecule has 1 heterocycles. The lowest BCUT2D eigenvalue weighted by atomic mass is 9.76. The van der Waals surface area contributed by atoms with E-state index >= 15 is 0 Å². The maximum atomic E-state index is 4.14. The van der Waals surface area contributed by atoms with E-state index in [4.69, 9.17) is 0 Å². The predicted octanol–water partition coefficient (Wildman–Crippen LogP) is 3.44. The highest BCUT2D eigenvalue weighted by Gasteiger charge is 2.31. The molecule has 0 bridgehead atoms. The molecule has 0 aromatic carbocycles. The minimum Gasteiger partial charge on any atom is -0.309 e. The topological polar surface area (TPSA) is 42.7 Å². The van der Waals surface area contributed by atoms with Crippen molar-refractivity contribution >= 4 is 15.9 Å². The van der Waals surface area contributed by atoms with E-state index in [-0.39, 0.29) is 0 Å². The van der Waals surface area contributed by atoms with Crippen LogP contribution in [0.2, 0.25) is 0 Å². The Hall–Kier alpha value is -0.420. The summed E-state index contributed by atoms with van der Waals surface area (Å²) in [7, 11) is 1.98. The fraction of sp³-hybridized carbons (Fsp3) is 0.857. The van der Waals surface area contributed by atoms with E-state index < -0.39 is 0 Å². The van der Waals surface area contributed by atoms with Crippen LogP contribution in [0.25, 0.3) is 0 Å². The predicted molar refractivity (Wildman–Crippen MR) is 80.9 cm³/mol. The van der Waals surface area contributed by atoms with Gasteiger partial charge in [-0.25, -0.2) is 4.68 Å². The quantitative estimate of drug-likeness (QED) is 0.900. The molecule has 0 saturated heterocycles. The molecule has 108 valence electrons. The van der Waals surface area contributed by atoms with Gasteiger partial charge in [-0.1, -0.05) is 38.3 Å². The number of nitrogens with zero attached hydrogens (tertiary/aromatic N) is 3. The summed E-state index contributed by atoms with van der Waals surface area (Å²) in [6.45, 7) is 5.47. The molecule has 0 aliphatic heterocycles. The van der Waals surface area contributed by atoms with E-state index in [1.807, 2.05) is 11.7 Å². The van der Waals surface area contributed by atoms with Crippen LogP contribution in [0, 0.1) is 11.8 Å². The summed E-state index contributed by atoms with van der Waals surface area (Å²) in [6.07, 6.45) is 6.70. The summed E-state index contributed by atoms with van der Waals surface area (Å²) in [5.74, 6) is 1.59. The molecule has 2 rings (SSSR count). The van der Waals surface area contributed by atoms with Gasteiger partial charge in [0, 0.05) is 7.05 Å². The third-order valence-corrected chi connectivity index (χ3v) is 4.98. The van der Waals surface area contributed by atoms with Gasteiger partial charge < -0.3 is 5.32 Å². The zero-order chi connectivity index (χ0) is 13.8. The van der Waals surface area contributed by atoms with Gasteiger partial charge in [-0.15, -0.1) is 5.10 Å². The summed E-state index contributed by atoms with van der Waals surface area (Å²) >= 11 is 3.55. The van der Waals surface area contributed by atoms with Crippen LogP contribution in [0.4, 0.5) is 0 Å². The SMILES string of the molecule is CCNC(c1c(Br)nnn1C)C1CCCC(CC)C1. The molecular formula is C14H25BrN4. The molecule has 0 amide bonds. The lowest BCUT2D eigenvalue weighted by molar-refractivity contribution is 0.205. The van der Waals surface area contributed by atoms with Crippen LogP contribution in [0.15, 0.2) is 4.60 Å². The molecule has 1 saturated carbocycles. The minimum absolute atomic E-state index is 0.369. The van der Waals surface area contributed by atoms with Crippen molar-refractivity contribution in [2.24, 2.45) is 18.9 Å². The van der Waals surface area contributed by atoms with Gasteiger partial charge in [-0.2, -0.15) is 0 Å². The van der Waals surface area contributed by atoms with Crippen LogP contribution in [-0.2, 0) is 7.05 Å². The van der Waals surface area contributed by atoms with Crippen molar-refractivity contribution in [2.45, 2.75) is 52.0 Å². The van der Waals surface area contributed by atoms with Gasteiger partial charge in [0.25, 0.3) is 0 Å². The molecule has 1 aromatic heterocycles. The Labute approximate surface area is 124 Å². The van der Waals surface area contributed by atoms with Crippen molar-refractivity contribution in [3.63, 3.8) is 0 Å². The van der Waals surface area contributed by atoms with Gasteiger partial charge >= 0.3 is 0 Å². The second-order valence-corrected chi connectivity index (χ2v) is 6.38. The normalized spacial score (nSPS) is 25.5. The first-order chi connectivity index (χ1) is 9.17. The minimum atomic E-state index is 0.369. The van der Waals surface area contributed by atoms with Gasteiger partial charge in [0.05, 0.1) is 11.7 Å². The van der Waals surface area contributed by atoms with E-state index in [2.05, 4.69) is 45.4 Å². The third-order valence-electron chi connectivity index (χ3n) is 4.42. The van der Waals surface area contributed by atoms with Gasteiger partial charge in [0.15, 0.2) is 4.60 Å². The second-order valence-electron chi connectivity index (χ2n) is 5.63. The van der Waals surface area contributed by atoms with Gasteiger partial charge in [0.2, 0.25) is 0 Å². The molecule has 1 aliphatic rings. The Balaban J connectivity index is 2.20. The first-order valence-electron chi connectivity index (χ1n) is 7.45. The largest absolute Gasteiger partial charge is 0.309 e. The molecular weight excluding hydrogens is 304 g/mol. The number of aromatic nitrogens is 3. The lowest BCUT2D eigenvalue weighted by Gasteiger charge is -2.34. The number of hydrogen-bond donors (Lipinski definition) is 1. The number of aryl methyl sites for hydroxylation is 1. The maximum Gasteiger partial charge on any atom is 0.153 e. The Kier molecular flexibility index (Phi) is 5.39. The van der Waals surface area contributed by atoms with Crippen LogP contribution in [0.3, 0.4) is 0 Å². The first kappa shape index (κ1) is 15.0. The molecule has 19 heavy (non-hydrogen) atoms. The van der Waals surface area contributed by atoms with Crippen LogP contribution in [-0.4, -0.2) is 21.5 Å². The number of halogens is 1. The maximum absolute atomic E-state index is 4.14. The zero-order valence-corrected chi connectivity index (χ0v) is 13.8. The van der Waals surface area contributed by atoms with Crippen molar-refractivity contribution in [3.05, 3.63) is 10.3 Å². The Morgan fingerprint density at radius 3 is 2.79 bits per heavy atom. The number of rotatable bonds is 5. The second kappa shape index (κ2) is 6.84. The van der Waals surface area contributed by atoms with E-state index in [0.717, 1.165) is 17.1 Å². The highest BCUT2D eigenvalue weighted by atomic mass is 79.9. The van der Waals surface area contributed by atoms with Crippen LogP contribution in [0.1, 0.15) is 57.7 Å². The van der Waals surface area contributed by atoms with E-state index in [0.29, 0.717) is 12.0 Å². The first-order valence-corrected chi connectivity index (χ1v) is 8.25. The van der Waals surface area contributed by atoms with Crippen molar-refractivity contribution in [1.82, 2.24) is 20.3 Å². The molecule has 3 atom stereocenters. The average Bonchev–Trinajstić information content (AvgIpc) is 2.76. The monoisotopic (exact) mass is 328 g/mol. The Morgan fingerprint density at radius 2 is 2.21 bits per heavy atom. The molecule has 0 spiro atoms. The molecule has 5 heteroatoms. The zero-order valence-electron chi connectivity index (χ0n) is 12.2. The molecule has 4 nitrogen and oxygen atoms in total.